The van der Waals surface area contributed by atoms with Crippen LogP contribution in [0.1, 0.15) is 12.8 Å². The van der Waals surface area contributed by atoms with Gasteiger partial charge in [0, 0.05) is 24.8 Å². The summed E-state index contributed by atoms with van der Waals surface area (Å²) in [6.07, 6.45) is 2.09. The molecule has 1 N–H and O–H groups in total. The molecular weight excluding hydrogens is 368 g/mol. The van der Waals surface area contributed by atoms with Crippen molar-refractivity contribution in [1.82, 2.24) is 4.90 Å². The number of carbonyl (C=O) groups excluding carboxylic acids is 2. The molecule has 0 aliphatic carbocycles. The lowest BCUT2D eigenvalue weighted by atomic mass is 10.3. The molecule has 3 rings (SSSR count). The van der Waals surface area contributed by atoms with E-state index in [1.165, 1.54) is 0 Å². The Balaban J connectivity index is 1.48. The number of halogens is 1. The summed E-state index contributed by atoms with van der Waals surface area (Å²) < 4.78 is 11.0. The van der Waals surface area contributed by atoms with Crippen LogP contribution in [-0.4, -0.2) is 43.0 Å². The van der Waals surface area contributed by atoms with Gasteiger partial charge in [-0.15, -0.1) is 0 Å². The maximum atomic E-state index is 12.1. The first-order valence-corrected chi connectivity index (χ1v) is 9.17. The number of anilines is 1. The van der Waals surface area contributed by atoms with Crippen molar-refractivity contribution in [2.24, 2.45) is 0 Å². The van der Waals surface area contributed by atoms with E-state index in [-0.39, 0.29) is 25.0 Å². The molecule has 1 heterocycles. The Labute approximate surface area is 163 Å². The van der Waals surface area contributed by atoms with Gasteiger partial charge in [0.25, 0.3) is 11.8 Å². The SMILES string of the molecule is O=C(COc1ccccc1Cl)Nc1cccc(OCC(=O)N2CCCC2)c1. The van der Waals surface area contributed by atoms with Gasteiger partial charge < -0.3 is 19.7 Å². The average molecular weight is 389 g/mol. The number of hydrogen-bond acceptors (Lipinski definition) is 4. The van der Waals surface area contributed by atoms with Crippen LogP contribution in [0.25, 0.3) is 0 Å². The highest BCUT2D eigenvalue weighted by Crippen LogP contribution is 2.23. The number of rotatable bonds is 7. The van der Waals surface area contributed by atoms with Gasteiger partial charge in [-0.2, -0.15) is 0 Å². The number of carbonyl (C=O) groups is 2. The summed E-state index contributed by atoms with van der Waals surface area (Å²) in [6.45, 7) is 1.42. The molecule has 0 spiro atoms. The molecule has 2 aromatic rings. The van der Waals surface area contributed by atoms with Crippen LogP contribution in [0.3, 0.4) is 0 Å². The van der Waals surface area contributed by atoms with Crippen molar-refractivity contribution in [3.05, 3.63) is 53.6 Å². The van der Waals surface area contributed by atoms with Crippen molar-refractivity contribution >= 4 is 29.1 Å². The highest BCUT2D eigenvalue weighted by atomic mass is 35.5. The Morgan fingerprint density at radius 2 is 1.78 bits per heavy atom. The van der Waals surface area contributed by atoms with E-state index in [1.54, 1.807) is 53.4 Å². The third kappa shape index (κ3) is 5.62. The molecule has 27 heavy (non-hydrogen) atoms. The Bertz CT molecular complexity index is 806. The van der Waals surface area contributed by atoms with Gasteiger partial charge in [-0.25, -0.2) is 0 Å². The Morgan fingerprint density at radius 3 is 2.56 bits per heavy atom. The molecule has 1 aliphatic rings. The van der Waals surface area contributed by atoms with Gasteiger partial charge in [0.2, 0.25) is 0 Å². The zero-order valence-electron chi connectivity index (χ0n) is 14.8. The second-order valence-electron chi connectivity index (χ2n) is 6.17. The maximum Gasteiger partial charge on any atom is 0.262 e. The zero-order valence-corrected chi connectivity index (χ0v) is 15.6. The van der Waals surface area contributed by atoms with E-state index in [2.05, 4.69) is 5.32 Å². The second kappa shape index (κ2) is 9.28. The van der Waals surface area contributed by atoms with E-state index >= 15 is 0 Å². The molecule has 0 bridgehead atoms. The molecule has 2 amide bonds. The van der Waals surface area contributed by atoms with Crippen LogP contribution in [0.4, 0.5) is 5.69 Å². The fourth-order valence-electron chi connectivity index (χ4n) is 2.77. The first-order chi connectivity index (χ1) is 13.1. The maximum absolute atomic E-state index is 12.1. The van der Waals surface area contributed by atoms with Crippen LogP contribution in [0, 0.1) is 0 Å². The predicted molar refractivity (Wildman–Crippen MR) is 103 cm³/mol. The Kier molecular flexibility index (Phi) is 6.54. The molecule has 0 saturated carbocycles. The highest BCUT2D eigenvalue weighted by molar-refractivity contribution is 6.32. The van der Waals surface area contributed by atoms with Gasteiger partial charge >= 0.3 is 0 Å². The van der Waals surface area contributed by atoms with Gasteiger partial charge in [0.1, 0.15) is 11.5 Å². The number of para-hydroxylation sites is 1. The molecule has 0 unspecified atom stereocenters. The Morgan fingerprint density at radius 1 is 1.00 bits per heavy atom. The van der Waals surface area contributed by atoms with Gasteiger partial charge in [-0.05, 0) is 37.1 Å². The summed E-state index contributed by atoms with van der Waals surface area (Å²) in [5, 5.41) is 3.18. The molecule has 142 valence electrons. The quantitative estimate of drug-likeness (QED) is 0.789. The number of nitrogens with zero attached hydrogens (tertiary/aromatic N) is 1. The normalized spacial score (nSPS) is 13.3. The van der Waals surface area contributed by atoms with E-state index in [0.717, 1.165) is 25.9 Å². The van der Waals surface area contributed by atoms with Crippen molar-refractivity contribution in [2.45, 2.75) is 12.8 Å². The minimum Gasteiger partial charge on any atom is -0.484 e. The van der Waals surface area contributed by atoms with Crippen molar-refractivity contribution in [3.8, 4) is 11.5 Å². The molecule has 0 atom stereocenters. The first-order valence-electron chi connectivity index (χ1n) is 8.79. The second-order valence-corrected chi connectivity index (χ2v) is 6.58. The fourth-order valence-corrected chi connectivity index (χ4v) is 2.96. The zero-order chi connectivity index (χ0) is 19.1. The number of likely N-dealkylation sites (tertiary alicyclic amines) is 1. The summed E-state index contributed by atoms with van der Waals surface area (Å²) in [5.41, 5.74) is 0.564. The minimum absolute atomic E-state index is 0.00693. The number of benzene rings is 2. The molecule has 0 aromatic heterocycles. The molecular formula is C20H21ClN2O4. The van der Waals surface area contributed by atoms with Crippen LogP contribution < -0.4 is 14.8 Å². The molecule has 6 nitrogen and oxygen atoms in total. The third-order valence-electron chi connectivity index (χ3n) is 4.13. The van der Waals surface area contributed by atoms with Crippen molar-refractivity contribution < 1.29 is 19.1 Å². The summed E-state index contributed by atoms with van der Waals surface area (Å²) in [4.78, 5) is 25.9. The smallest absolute Gasteiger partial charge is 0.262 e. The summed E-state index contributed by atoms with van der Waals surface area (Å²) >= 11 is 5.99. The standard InChI is InChI=1S/C20H21ClN2O4/c21-17-8-1-2-9-18(17)27-13-19(24)22-15-6-5-7-16(12-15)26-14-20(25)23-10-3-4-11-23/h1-2,5-9,12H,3-4,10-11,13-14H2,(H,22,24). The van der Waals surface area contributed by atoms with E-state index in [4.69, 9.17) is 21.1 Å². The number of ether oxygens (including phenoxy) is 2. The molecule has 2 aromatic carbocycles. The minimum atomic E-state index is -0.319. The van der Waals surface area contributed by atoms with Crippen LogP contribution in [0.2, 0.25) is 5.02 Å². The molecule has 1 fully saturated rings. The lowest BCUT2D eigenvalue weighted by molar-refractivity contribution is -0.132. The summed E-state index contributed by atoms with van der Waals surface area (Å²) in [6, 6.07) is 13.9. The molecule has 0 radical (unpaired) electrons. The molecule has 7 heteroatoms. The van der Waals surface area contributed by atoms with Crippen LogP contribution in [-0.2, 0) is 9.59 Å². The van der Waals surface area contributed by atoms with E-state index in [9.17, 15) is 9.59 Å². The van der Waals surface area contributed by atoms with Gasteiger partial charge in [0.15, 0.2) is 13.2 Å². The number of nitrogens with one attached hydrogen (secondary N) is 1. The largest absolute Gasteiger partial charge is 0.484 e. The Hall–Kier alpha value is -2.73. The molecule has 1 aliphatic heterocycles. The number of amides is 2. The van der Waals surface area contributed by atoms with Crippen LogP contribution in [0.15, 0.2) is 48.5 Å². The average Bonchev–Trinajstić information content (AvgIpc) is 3.21. The monoisotopic (exact) mass is 388 g/mol. The fraction of sp³-hybridized carbons (Fsp3) is 0.300. The van der Waals surface area contributed by atoms with Crippen LogP contribution in [0.5, 0.6) is 11.5 Å². The van der Waals surface area contributed by atoms with Crippen molar-refractivity contribution in [2.75, 3.05) is 31.6 Å². The van der Waals surface area contributed by atoms with Gasteiger partial charge in [0.05, 0.1) is 5.02 Å². The van der Waals surface area contributed by atoms with E-state index in [0.29, 0.717) is 22.2 Å². The molecule has 1 saturated heterocycles. The van der Waals surface area contributed by atoms with Crippen molar-refractivity contribution in [3.63, 3.8) is 0 Å². The van der Waals surface area contributed by atoms with Gasteiger partial charge in [-0.1, -0.05) is 29.8 Å². The third-order valence-corrected chi connectivity index (χ3v) is 4.45. The van der Waals surface area contributed by atoms with Crippen LogP contribution >= 0.6 is 11.6 Å². The van der Waals surface area contributed by atoms with E-state index < -0.39 is 0 Å². The topological polar surface area (TPSA) is 67.9 Å². The number of hydrogen-bond donors (Lipinski definition) is 1. The van der Waals surface area contributed by atoms with E-state index in [1.807, 2.05) is 0 Å². The first kappa shape index (κ1) is 19.0. The van der Waals surface area contributed by atoms with Crippen molar-refractivity contribution in [1.29, 1.82) is 0 Å². The van der Waals surface area contributed by atoms with Gasteiger partial charge in [-0.3, -0.25) is 9.59 Å². The predicted octanol–water partition coefficient (Wildman–Crippen LogP) is 3.36. The summed E-state index contributed by atoms with van der Waals surface area (Å²) in [7, 11) is 0. The highest BCUT2D eigenvalue weighted by Gasteiger charge is 2.18. The summed E-state index contributed by atoms with van der Waals surface area (Å²) in [5.74, 6) is 0.634. The lowest BCUT2D eigenvalue weighted by Gasteiger charge is -2.15. The lowest BCUT2D eigenvalue weighted by Crippen LogP contribution is -2.32.